The summed E-state index contributed by atoms with van der Waals surface area (Å²) in [5, 5.41) is 9.74. The number of carbonyl (C=O) groups is 1. The maximum atomic E-state index is 12.8. The second-order valence-electron chi connectivity index (χ2n) is 7.61. The van der Waals surface area contributed by atoms with Crippen molar-refractivity contribution in [2.75, 3.05) is 17.2 Å². The molecule has 1 aliphatic heterocycles. The number of benzene rings is 2. The van der Waals surface area contributed by atoms with Crippen molar-refractivity contribution in [3.05, 3.63) is 64.5 Å². The minimum atomic E-state index is 0.0732. The molecular formula is C23H22N4O2S2. The maximum Gasteiger partial charge on any atom is 0.277 e. The molecule has 0 fully saturated rings. The molecule has 8 heteroatoms. The number of nitrogens with zero attached hydrogens (tertiary/aromatic N) is 4. The first-order valence-electron chi connectivity index (χ1n) is 10.4. The van der Waals surface area contributed by atoms with Crippen LogP contribution >= 0.6 is 23.1 Å². The van der Waals surface area contributed by atoms with E-state index in [1.54, 1.807) is 11.3 Å². The fourth-order valence-electron chi connectivity index (χ4n) is 3.82. The third-order valence-electron chi connectivity index (χ3n) is 5.31. The highest BCUT2D eigenvalue weighted by atomic mass is 32.2. The number of hydrogen-bond donors (Lipinski definition) is 0. The van der Waals surface area contributed by atoms with Crippen molar-refractivity contribution in [1.29, 1.82) is 0 Å². The van der Waals surface area contributed by atoms with Crippen molar-refractivity contribution in [3.63, 3.8) is 0 Å². The molecule has 0 spiro atoms. The van der Waals surface area contributed by atoms with E-state index < -0.39 is 0 Å². The Morgan fingerprint density at radius 1 is 1.19 bits per heavy atom. The number of anilines is 1. The summed E-state index contributed by atoms with van der Waals surface area (Å²) in [6.45, 7) is 2.84. The van der Waals surface area contributed by atoms with Gasteiger partial charge in [0, 0.05) is 25.1 Å². The molecule has 0 atom stereocenters. The standard InChI is InChI=1S/C23H22N4O2S2/c1-15-8-9-18-16(13-15)5-4-12-27(18)22(28)14-30-23-26-25-20(29-23)10-11-21-24-17-6-2-3-7-19(17)31-21/h2-3,6-9,13H,4-5,10-12,14H2,1H3. The van der Waals surface area contributed by atoms with Crippen LogP contribution in [0.1, 0.15) is 28.4 Å². The van der Waals surface area contributed by atoms with E-state index in [-0.39, 0.29) is 11.7 Å². The number of aromatic nitrogens is 3. The molecule has 2 aromatic heterocycles. The molecule has 3 heterocycles. The minimum Gasteiger partial charge on any atom is -0.416 e. The van der Waals surface area contributed by atoms with E-state index in [9.17, 15) is 4.79 Å². The molecule has 158 valence electrons. The largest absolute Gasteiger partial charge is 0.416 e. The number of amides is 1. The molecule has 0 radical (unpaired) electrons. The average Bonchev–Trinajstić information content (AvgIpc) is 3.41. The lowest BCUT2D eigenvalue weighted by molar-refractivity contribution is -0.116. The van der Waals surface area contributed by atoms with Gasteiger partial charge in [-0.25, -0.2) is 4.98 Å². The van der Waals surface area contributed by atoms with Gasteiger partial charge in [0.05, 0.1) is 21.0 Å². The molecule has 0 unspecified atom stereocenters. The van der Waals surface area contributed by atoms with Gasteiger partial charge in [-0.15, -0.1) is 21.5 Å². The lowest BCUT2D eigenvalue weighted by atomic mass is 10.00. The van der Waals surface area contributed by atoms with Crippen molar-refractivity contribution in [2.24, 2.45) is 0 Å². The molecule has 0 aliphatic carbocycles. The quantitative estimate of drug-likeness (QED) is 0.391. The van der Waals surface area contributed by atoms with Crippen molar-refractivity contribution < 1.29 is 9.21 Å². The van der Waals surface area contributed by atoms with E-state index in [1.807, 2.05) is 23.1 Å². The Balaban J connectivity index is 1.17. The number of para-hydroxylation sites is 1. The monoisotopic (exact) mass is 450 g/mol. The Morgan fingerprint density at radius 3 is 3.00 bits per heavy atom. The molecule has 0 bridgehead atoms. The summed E-state index contributed by atoms with van der Waals surface area (Å²) in [7, 11) is 0. The van der Waals surface area contributed by atoms with E-state index in [0.29, 0.717) is 17.5 Å². The Kier molecular flexibility index (Phi) is 5.74. The van der Waals surface area contributed by atoms with Crippen LogP contribution < -0.4 is 4.90 Å². The topological polar surface area (TPSA) is 72.1 Å². The van der Waals surface area contributed by atoms with Crippen LogP contribution in [0, 0.1) is 6.92 Å². The summed E-state index contributed by atoms with van der Waals surface area (Å²) in [4.78, 5) is 19.4. The second-order valence-corrected chi connectivity index (χ2v) is 9.65. The fourth-order valence-corrected chi connectivity index (χ4v) is 5.45. The molecule has 1 aliphatic rings. The molecule has 1 amide bonds. The molecular weight excluding hydrogens is 428 g/mol. The number of aryl methyl sites for hydroxylation is 4. The summed E-state index contributed by atoms with van der Waals surface area (Å²) in [5.41, 5.74) is 4.54. The van der Waals surface area contributed by atoms with Crippen molar-refractivity contribution in [1.82, 2.24) is 15.2 Å². The van der Waals surface area contributed by atoms with Crippen molar-refractivity contribution in [2.45, 2.75) is 37.8 Å². The SMILES string of the molecule is Cc1ccc2c(c1)CCCN2C(=O)CSc1nnc(CCc2nc3ccccc3s2)o1. The molecule has 31 heavy (non-hydrogen) atoms. The molecule has 6 nitrogen and oxygen atoms in total. The normalized spacial score (nSPS) is 13.5. The molecule has 0 saturated carbocycles. The summed E-state index contributed by atoms with van der Waals surface area (Å²) in [5.74, 6) is 0.935. The van der Waals surface area contributed by atoms with Gasteiger partial charge in [0.15, 0.2) is 0 Å². The van der Waals surface area contributed by atoms with Gasteiger partial charge in [-0.3, -0.25) is 4.79 Å². The van der Waals surface area contributed by atoms with Gasteiger partial charge in [-0.2, -0.15) is 0 Å². The lowest BCUT2D eigenvalue weighted by Crippen LogP contribution is -2.36. The number of thioether (sulfide) groups is 1. The maximum absolute atomic E-state index is 12.8. The molecule has 5 rings (SSSR count). The van der Waals surface area contributed by atoms with Crippen LogP contribution in [0.2, 0.25) is 0 Å². The number of rotatable bonds is 6. The van der Waals surface area contributed by atoms with Crippen molar-refractivity contribution >= 4 is 44.9 Å². The lowest BCUT2D eigenvalue weighted by Gasteiger charge is -2.29. The highest BCUT2D eigenvalue weighted by molar-refractivity contribution is 7.99. The van der Waals surface area contributed by atoms with Crippen LogP contribution in [0.4, 0.5) is 5.69 Å². The zero-order valence-electron chi connectivity index (χ0n) is 17.2. The average molecular weight is 451 g/mol. The number of fused-ring (bicyclic) bond motifs is 2. The van der Waals surface area contributed by atoms with E-state index in [1.165, 1.54) is 27.6 Å². The summed E-state index contributed by atoms with van der Waals surface area (Å²) in [6, 6.07) is 14.4. The van der Waals surface area contributed by atoms with Gasteiger partial charge >= 0.3 is 0 Å². The third-order valence-corrected chi connectivity index (χ3v) is 7.21. The Labute approximate surface area is 188 Å². The van der Waals surface area contributed by atoms with Gasteiger partial charge in [-0.1, -0.05) is 41.6 Å². The fraction of sp³-hybridized carbons (Fsp3) is 0.304. The van der Waals surface area contributed by atoms with Gasteiger partial charge < -0.3 is 9.32 Å². The Bertz CT molecular complexity index is 1200. The Hall–Kier alpha value is -2.71. The molecule has 4 aromatic rings. The van der Waals surface area contributed by atoms with Gasteiger partial charge in [0.25, 0.3) is 5.22 Å². The van der Waals surface area contributed by atoms with Crippen LogP contribution in [0.25, 0.3) is 10.2 Å². The van der Waals surface area contributed by atoms with E-state index in [4.69, 9.17) is 4.42 Å². The van der Waals surface area contributed by atoms with Gasteiger partial charge in [0.1, 0.15) is 0 Å². The molecule has 0 N–H and O–H groups in total. The van der Waals surface area contributed by atoms with Gasteiger partial charge in [-0.05, 0) is 43.5 Å². The van der Waals surface area contributed by atoms with Crippen LogP contribution in [0.5, 0.6) is 0 Å². The van der Waals surface area contributed by atoms with Gasteiger partial charge in [0.2, 0.25) is 11.8 Å². The molecule has 0 saturated heterocycles. The van der Waals surface area contributed by atoms with Crippen LogP contribution in [0.3, 0.4) is 0 Å². The first-order valence-corrected chi connectivity index (χ1v) is 12.2. The minimum absolute atomic E-state index is 0.0732. The number of thiazole rings is 1. The summed E-state index contributed by atoms with van der Waals surface area (Å²) in [6.07, 6.45) is 3.41. The predicted molar refractivity (Wildman–Crippen MR) is 124 cm³/mol. The van der Waals surface area contributed by atoms with E-state index in [2.05, 4.69) is 46.4 Å². The third kappa shape index (κ3) is 4.50. The number of carbonyl (C=O) groups excluding carboxylic acids is 1. The Morgan fingerprint density at radius 2 is 2.10 bits per heavy atom. The second kappa shape index (κ2) is 8.80. The van der Waals surface area contributed by atoms with E-state index in [0.717, 1.165) is 42.0 Å². The predicted octanol–water partition coefficient (Wildman–Crippen LogP) is 4.84. The first-order chi connectivity index (χ1) is 15.2. The van der Waals surface area contributed by atoms with Crippen LogP contribution in [-0.2, 0) is 24.1 Å². The van der Waals surface area contributed by atoms with Crippen LogP contribution in [0.15, 0.2) is 52.1 Å². The van der Waals surface area contributed by atoms with Crippen molar-refractivity contribution in [3.8, 4) is 0 Å². The molecule has 2 aromatic carbocycles. The summed E-state index contributed by atoms with van der Waals surface area (Å²) >= 11 is 2.99. The number of hydrogen-bond acceptors (Lipinski definition) is 7. The first kappa shape index (κ1) is 20.2. The zero-order valence-corrected chi connectivity index (χ0v) is 18.8. The highest BCUT2D eigenvalue weighted by Gasteiger charge is 2.23. The van der Waals surface area contributed by atoms with Crippen LogP contribution in [-0.4, -0.2) is 33.4 Å². The smallest absolute Gasteiger partial charge is 0.277 e. The zero-order chi connectivity index (χ0) is 21.2. The highest BCUT2D eigenvalue weighted by Crippen LogP contribution is 2.29. The summed E-state index contributed by atoms with van der Waals surface area (Å²) < 4.78 is 6.94. The van der Waals surface area contributed by atoms with E-state index >= 15 is 0 Å².